The van der Waals surface area contributed by atoms with Gasteiger partial charge in [0.1, 0.15) is 29.1 Å². The number of nitrogens with two attached hydrogens (primary N) is 1. The van der Waals surface area contributed by atoms with Crippen LogP contribution in [0.5, 0.6) is 0 Å². The molecule has 8 heteroatoms. The minimum Gasteiger partial charge on any atom is -0.384 e. The van der Waals surface area contributed by atoms with Crippen molar-refractivity contribution in [2.75, 3.05) is 5.73 Å². The molecular formula is C20H10ClN5OS. The molecule has 0 amide bonds. The minimum absolute atomic E-state index is 0.0396. The van der Waals surface area contributed by atoms with Gasteiger partial charge in [-0.25, -0.2) is 9.55 Å². The normalized spacial score (nSPS) is 10.5. The van der Waals surface area contributed by atoms with Crippen LogP contribution in [0, 0.1) is 22.7 Å². The van der Waals surface area contributed by atoms with Crippen molar-refractivity contribution < 1.29 is 0 Å². The molecule has 0 aliphatic rings. The number of nitriles is 2. The van der Waals surface area contributed by atoms with Gasteiger partial charge in [-0.3, -0.25) is 4.79 Å². The predicted molar refractivity (Wildman–Crippen MR) is 110 cm³/mol. The molecule has 0 aliphatic carbocycles. The highest BCUT2D eigenvalue weighted by Crippen LogP contribution is 2.32. The number of fused-ring (bicyclic) bond motifs is 1. The Balaban J connectivity index is 2.08. The van der Waals surface area contributed by atoms with Crippen LogP contribution in [0.1, 0.15) is 11.1 Å². The number of hydrogen-bond donors (Lipinski definition) is 1. The molecule has 2 N–H and O–H groups in total. The van der Waals surface area contributed by atoms with E-state index in [1.165, 1.54) is 11.3 Å². The number of benzene rings is 2. The molecule has 4 rings (SSSR count). The van der Waals surface area contributed by atoms with Gasteiger partial charge in [0.25, 0.3) is 5.56 Å². The largest absolute Gasteiger partial charge is 0.384 e. The Kier molecular flexibility index (Phi) is 4.32. The lowest BCUT2D eigenvalue weighted by Crippen LogP contribution is -2.26. The van der Waals surface area contributed by atoms with Gasteiger partial charge in [-0.1, -0.05) is 47.2 Å². The Hall–Kier alpha value is -3.65. The third-order valence-corrected chi connectivity index (χ3v) is 5.52. The number of nitrogens with zero attached hydrogens (tertiary/aromatic N) is 4. The average Bonchev–Trinajstić information content (AvgIpc) is 3.12. The molecule has 0 bridgehead atoms. The Labute approximate surface area is 168 Å². The van der Waals surface area contributed by atoms with Gasteiger partial charge in [0, 0.05) is 10.6 Å². The molecule has 134 valence electrons. The summed E-state index contributed by atoms with van der Waals surface area (Å²) in [5.74, 6) is -0.0597. The fourth-order valence-corrected chi connectivity index (χ4v) is 4.06. The summed E-state index contributed by atoms with van der Waals surface area (Å²) in [5, 5.41) is 20.2. The number of halogens is 1. The van der Waals surface area contributed by atoms with Crippen LogP contribution in [0.15, 0.2) is 53.3 Å². The van der Waals surface area contributed by atoms with Crippen molar-refractivity contribution in [1.29, 1.82) is 10.5 Å². The highest BCUT2D eigenvalue weighted by Gasteiger charge is 2.24. The van der Waals surface area contributed by atoms with E-state index in [9.17, 15) is 15.3 Å². The van der Waals surface area contributed by atoms with E-state index < -0.39 is 5.56 Å². The third-order valence-electron chi connectivity index (χ3n) is 4.24. The molecule has 4 aromatic rings. The number of hydrogen-bond acceptors (Lipinski definition) is 6. The Bertz CT molecular complexity index is 1340. The van der Waals surface area contributed by atoms with Crippen molar-refractivity contribution in [3.8, 4) is 28.4 Å². The fourth-order valence-electron chi connectivity index (χ4n) is 2.96. The van der Waals surface area contributed by atoms with Crippen LogP contribution in [0.2, 0.25) is 5.02 Å². The van der Waals surface area contributed by atoms with Crippen molar-refractivity contribution in [1.82, 2.24) is 9.55 Å². The van der Waals surface area contributed by atoms with Crippen LogP contribution in [-0.2, 0) is 0 Å². The van der Waals surface area contributed by atoms with Crippen LogP contribution in [0.4, 0.5) is 5.82 Å². The number of rotatable bonds is 2. The maximum absolute atomic E-state index is 13.1. The minimum atomic E-state index is -0.622. The fraction of sp³-hybridized carbons (Fsp3) is 0. The van der Waals surface area contributed by atoms with Gasteiger partial charge in [-0.05, 0) is 29.8 Å². The van der Waals surface area contributed by atoms with Crippen LogP contribution in [0.3, 0.4) is 0 Å². The van der Waals surface area contributed by atoms with Gasteiger partial charge < -0.3 is 5.73 Å². The van der Waals surface area contributed by atoms with Crippen LogP contribution >= 0.6 is 22.9 Å². The zero-order chi connectivity index (χ0) is 19.8. The topological polar surface area (TPSA) is 108 Å². The molecule has 2 heterocycles. The van der Waals surface area contributed by atoms with E-state index in [1.54, 1.807) is 24.3 Å². The Morgan fingerprint density at radius 3 is 2.36 bits per heavy atom. The molecule has 0 aliphatic heterocycles. The van der Waals surface area contributed by atoms with E-state index in [-0.39, 0.29) is 22.5 Å². The maximum Gasteiger partial charge on any atom is 0.277 e. The van der Waals surface area contributed by atoms with E-state index in [1.807, 2.05) is 36.4 Å². The molecule has 0 fully saturated rings. The summed E-state index contributed by atoms with van der Waals surface area (Å²) in [6, 6.07) is 17.9. The molecule has 0 radical (unpaired) electrons. The lowest BCUT2D eigenvalue weighted by Gasteiger charge is -2.14. The van der Waals surface area contributed by atoms with Crippen molar-refractivity contribution in [2.45, 2.75) is 0 Å². The van der Waals surface area contributed by atoms with Gasteiger partial charge in [-0.15, -0.1) is 0 Å². The van der Waals surface area contributed by atoms with Gasteiger partial charge in [0.2, 0.25) is 0 Å². The van der Waals surface area contributed by atoms with Crippen molar-refractivity contribution >= 4 is 39.0 Å². The standard InChI is InChI=1S/C20H10ClN5OS/c21-12-7-5-11(6-8-12)17-13(9-22)18(24)26(19(27)14(17)10-23)20-25-15-3-1-2-4-16(15)28-20/h1-8H,24H2. The van der Waals surface area contributed by atoms with E-state index in [0.29, 0.717) is 21.2 Å². The number of pyridine rings is 1. The highest BCUT2D eigenvalue weighted by molar-refractivity contribution is 7.20. The summed E-state index contributed by atoms with van der Waals surface area (Å²) >= 11 is 7.18. The number of thiazole rings is 1. The molecule has 0 unspecified atom stereocenters. The van der Waals surface area contributed by atoms with E-state index in [4.69, 9.17) is 17.3 Å². The molecule has 2 aromatic carbocycles. The summed E-state index contributed by atoms with van der Waals surface area (Å²) in [6.07, 6.45) is 0. The smallest absolute Gasteiger partial charge is 0.277 e. The summed E-state index contributed by atoms with van der Waals surface area (Å²) in [4.78, 5) is 17.6. The molecule has 0 spiro atoms. The summed E-state index contributed by atoms with van der Waals surface area (Å²) < 4.78 is 1.99. The highest BCUT2D eigenvalue weighted by atomic mass is 35.5. The number of aromatic nitrogens is 2. The number of anilines is 1. The van der Waals surface area contributed by atoms with Gasteiger partial charge in [-0.2, -0.15) is 10.5 Å². The zero-order valence-electron chi connectivity index (χ0n) is 14.2. The first kappa shape index (κ1) is 17.7. The molecule has 2 aromatic heterocycles. The van der Waals surface area contributed by atoms with Crippen LogP contribution in [0.25, 0.3) is 26.5 Å². The van der Waals surface area contributed by atoms with E-state index in [2.05, 4.69) is 4.98 Å². The number of para-hydroxylation sites is 1. The first-order valence-corrected chi connectivity index (χ1v) is 9.25. The molecule has 0 atom stereocenters. The van der Waals surface area contributed by atoms with Crippen molar-refractivity contribution in [3.05, 3.63) is 75.0 Å². The van der Waals surface area contributed by atoms with Crippen LogP contribution in [-0.4, -0.2) is 9.55 Å². The van der Waals surface area contributed by atoms with E-state index >= 15 is 0 Å². The second kappa shape index (κ2) is 6.82. The second-order valence-electron chi connectivity index (χ2n) is 5.85. The van der Waals surface area contributed by atoms with E-state index in [0.717, 1.165) is 9.27 Å². The molecule has 6 nitrogen and oxygen atoms in total. The maximum atomic E-state index is 13.1. The predicted octanol–water partition coefficient (Wildman–Crippen LogP) is 4.09. The number of nitrogen functional groups attached to an aromatic ring is 1. The monoisotopic (exact) mass is 403 g/mol. The first-order chi connectivity index (χ1) is 13.5. The Morgan fingerprint density at radius 1 is 1.04 bits per heavy atom. The third kappa shape index (κ3) is 2.71. The Morgan fingerprint density at radius 2 is 1.71 bits per heavy atom. The SMILES string of the molecule is N#Cc1c(-c2ccc(Cl)cc2)c(C#N)c(=O)n(-c2nc3ccccc3s2)c1N. The van der Waals surface area contributed by atoms with Gasteiger partial charge in [0.05, 0.1) is 10.2 Å². The molecule has 0 saturated carbocycles. The summed E-state index contributed by atoms with van der Waals surface area (Å²) in [7, 11) is 0. The molecule has 0 saturated heterocycles. The van der Waals surface area contributed by atoms with Crippen LogP contribution < -0.4 is 11.3 Å². The molecular weight excluding hydrogens is 394 g/mol. The zero-order valence-corrected chi connectivity index (χ0v) is 15.8. The summed E-state index contributed by atoms with van der Waals surface area (Å²) in [6.45, 7) is 0. The van der Waals surface area contributed by atoms with Crippen molar-refractivity contribution in [3.63, 3.8) is 0 Å². The quantitative estimate of drug-likeness (QED) is 0.542. The lowest BCUT2D eigenvalue weighted by molar-refractivity contribution is 0.981. The van der Waals surface area contributed by atoms with Crippen molar-refractivity contribution in [2.24, 2.45) is 0 Å². The first-order valence-electron chi connectivity index (χ1n) is 8.05. The summed E-state index contributed by atoms with van der Waals surface area (Å²) in [5.41, 5.74) is 6.86. The second-order valence-corrected chi connectivity index (χ2v) is 7.29. The molecule has 28 heavy (non-hydrogen) atoms. The lowest BCUT2D eigenvalue weighted by atomic mass is 9.96. The average molecular weight is 404 g/mol. The van der Waals surface area contributed by atoms with Gasteiger partial charge in [0.15, 0.2) is 5.13 Å². The van der Waals surface area contributed by atoms with Gasteiger partial charge >= 0.3 is 0 Å².